The first-order valence-electron chi connectivity index (χ1n) is 27.9. The Balaban J connectivity index is 0.000000229. The monoisotopic (exact) mass is 1260 g/mol. The molecule has 4 N–H and O–H groups in total. The van der Waals surface area contributed by atoms with Crippen molar-refractivity contribution in [2.75, 3.05) is 136 Å². The van der Waals surface area contributed by atoms with Crippen molar-refractivity contribution in [3.05, 3.63) is 82.3 Å². The van der Waals surface area contributed by atoms with Gasteiger partial charge in [0, 0.05) is 128 Å². The number of nitrogens with one attached hydrogen (secondary N) is 4. The number of ether oxygens (including phenoxy) is 6. The van der Waals surface area contributed by atoms with Crippen LogP contribution >= 0.6 is 22.7 Å². The van der Waals surface area contributed by atoms with Crippen LogP contribution < -0.4 is 30.7 Å². The number of urea groups is 2. The fraction of sp³-hybridized carbons (Fsp3) is 0.464. The molecule has 0 saturated carbocycles. The Hall–Kier alpha value is -7.68. The zero-order valence-corrected chi connectivity index (χ0v) is 49.4. The number of hydrogen-bond donors (Lipinski definition) is 4. The maximum Gasteiger partial charge on any atom is 0.434 e. The van der Waals surface area contributed by atoms with Crippen molar-refractivity contribution in [1.29, 1.82) is 0 Å². The maximum atomic E-state index is 13.6. The zero-order valence-electron chi connectivity index (χ0n) is 47.8. The van der Waals surface area contributed by atoms with Crippen molar-refractivity contribution in [1.82, 2.24) is 55.2 Å². The van der Waals surface area contributed by atoms with E-state index in [1.807, 2.05) is 0 Å². The molecule has 0 spiro atoms. The highest BCUT2D eigenvalue weighted by Gasteiger charge is 2.36. The van der Waals surface area contributed by atoms with Gasteiger partial charge in [-0.15, -0.1) is 22.7 Å². The summed E-state index contributed by atoms with van der Waals surface area (Å²) in [5.41, 5.74) is -0.189. The van der Waals surface area contributed by atoms with Crippen molar-refractivity contribution in [2.24, 2.45) is 0 Å². The van der Waals surface area contributed by atoms with E-state index in [1.54, 1.807) is 13.8 Å². The van der Waals surface area contributed by atoms with Crippen LogP contribution in [0.3, 0.4) is 0 Å². The van der Waals surface area contributed by atoms with Gasteiger partial charge in [0.2, 0.25) is 11.8 Å². The molecular formula is C56H65F6N13O10S2. The zero-order chi connectivity index (χ0) is 61.9. The molecule has 9 rings (SSSR count). The molecule has 468 valence electrons. The van der Waals surface area contributed by atoms with E-state index in [-0.39, 0.29) is 75.5 Å². The van der Waals surface area contributed by atoms with Crippen molar-refractivity contribution >= 4 is 58.3 Å². The number of halogens is 6. The Kier molecular flexibility index (Phi) is 23.5. The SMILES string of the molecule is CCNC(=O)Nc1cc(-c2nc(C(F)(F)F)cs2)c(-c2cc(C(=O)OC)cnc2OCCN2CCOCC2)cn1.CCNC(=O)Nc1cc(-c2nc(C(F)(F)F)cs2)c(-c2cc(C(=O)OCCN3CCCCC3)cnc2OCCN2CCOCC2)cn1. The smallest absolute Gasteiger partial charge is 0.434 e. The van der Waals surface area contributed by atoms with E-state index in [4.69, 9.17) is 28.4 Å². The van der Waals surface area contributed by atoms with Gasteiger partial charge in [-0.25, -0.2) is 49.1 Å². The predicted molar refractivity (Wildman–Crippen MR) is 310 cm³/mol. The molecule has 3 fully saturated rings. The third kappa shape index (κ3) is 18.7. The Bertz CT molecular complexity index is 3280. The second-order valence-corrected chi connectivity index (χ2v) is 21.3. The summed E-state index contributed by atoms with van der Waals surface area (Å²) in [5, 5.41) is 12.2. The van der Waals surface area contributed by atoms with Gasteiger partial charge in [0.25, 0.3) is 0 Å². The molecule has 87 heavy (non-hydrogen) atoms. The summed E-state index contributed by atoms with van der Waals surface area (Å²) >= 11 is 1.57. The molecule has 3 saturated heterocycles. The number of rotatable bonds is 21. The van der Waals surface area contributed by atoms with Gasteiger partial charge in [-0.05, 0) is 64.0 Å². The van der Waals surface area contributed by atoms with Gasteiger partial charge in [-0.2, -0.15) is 26.3 Å². The summed E-state index contributed by atoms with van der Waals surface area (Å²) in [6.07, 6.45) is -0.465. The largest absolute Gasteiger partial charge is 0.476 e. The molecule has 0 aromatic carbocycles. The van der Waals surface area contributed by atoms with Crippen LogP contribution in [0.25, 0.3) is 43.4 Å². The number of methoxy groups -OCH3 is 1. The molecule has 3 aliphatic rings. The predicted octanol–water partition coefficient (Wildman–Crippen LogP) is 8.71. The summed E-state index contributed by atoms with van der Waals surface area (Å²) in [5.74, 6) is -0.779. The number of likely N-dealkylation sites (tertiary alicyclic amines) is 1. The number of esters is 2. The average molecular weight is 1260 g/mol. The summed E-state index contributed by atoms with van der Waals surface area (Å²) in [4.78, 5) is 81.4. The minimum Gasteiger partial charge on any atom is -0.476 e. The molecule has 0 atom stereocenters. The van der Waals surface area contributed by atoms with Gasteiger partial charge >= 0.3 is 36.4 Å². The van der Waals surface area contributed by atoms with E-state index in [1.165, 1.54) is 62.6 Å². The quantitative estimate of drug-likeness (QED) is 0.0388. The first-order valence-corrected chi connectivity index (χ1v) is 29.7. The lowest BCUT2D eigenvalue weighted by Crippen LogP contribution is -2.38. The average Bonchev–Trinajstić information content (AvgIpc) is 2.14. The van der Waals surface area contributed by atoms with Crippen molar-refractivity contribution in [2.45, 2.75) is 45.5 Å². The number of piperidine rings is 1. The molecule has 0 radical (unpaired) electrons. The van der Waals surface area contributed by atoms with Crippen LogP contribution in [-0.4, -0.2) is 194 Å². The molecule has 3 aliphatic heterocycles. The summed E-state index contributed by atoms with van der Waals surface area (Å²) in [6.45, 7) is 14.2. The second kappa shape index (κ2) is 31.3. The van der Waals surface area contributed by atoms with Crippen LogP contribution in [0, 0.1) is 0 Å². The molecule has 23 nitrogen and oxygen atoms in total. The Labute approximate surface area is 504 Å². The normalized spacial score (nSPS) is 15.1. The van der Waals surface area contributed by atoms with Crippen LogP contribution in [0.1, 0.15) is 65.2 Å². The molecule has 9 heterocycles. The van der Waals surface area contributed by atoms with Gasteiger partial charge in [0.15, 0.2) is 11.4 Å². The molecule has 31 heteroatoms. The maximum absolute atomic E-state index is 13.6. The molecule has 6 aromatic rings. The van der Waals surface area contributed by atoms with Crippen molar-refractivity contribution < 1.29 is 73.9 Å². The van der Waals surface area contributed by atoms with Crippen LogP contribution in [0.4, 0.5) is 47.6 Å². The van der Waals surface area contributed by atoms with Crippen molar-refractivity contribution in [3.63, 3.8) is 0 Å². The number of aromatic nitrogens is 6. The highest BCUT2D eigenvalue weighted by Crippen LogP contribution is 2.43. The van der Waals surface area contributed by atoms with Crippen LogP contribution in [0.5, 0.6) is 11.8 Å². The van der Waals surface area contributed by atoms with E-state index in [0.29, 0.717) is 81.4 Å². The van der Waals surface area contributed by atoms with Crippen LogP contribution in [0.15, 0.2) is 59.8 Å². The minimum atomic E-state index is -4.66. The van der Waals surface area contributed by atoms with E-state index in [2.05, 4.69) is 65.9 Å². The summed E-state index contributed by atoms with van der Waals surface area (Å²) in [7, 11) is 1.22. The topological polar surface area (TPSA) is 259 Å². The summed E-state index contributed by atoms with van der Waals surface area (Å²) in [6, 6.07) is 4.78. The van der Waals surface area contributed by atoms with E-state index in [0.717, 1.165) is 85.5 Å². The van der Waals surface area contributed by atoms with E-state index < -0.39 is 47.7 Å². The number of anilines is 2. The van der Waals surface area contributed by atoms with Crippen LogP contribution in [0.2, 0.25) is 0 Å². The fourth-order valence-corrected chi connectivity index (χ4v) is 10.8. The van der Waals surface area contributed by atoms with Crippen LogP contribution in [-0.2, 0) is 31.3 Å². The highest BCUT2D eigenvalue weighted by atomic mass is 32.1. The lowest BCUT2D eigenvalue weighted by atomic mass is 10.0. The number of morpholine rings is 2. The molecule has 4 amide bonds. The van der Waals surface area contributed by atoms with Gasteiger partial charge in [0.05, 0.1) is 44.7 Å². The van der Waals surface area contributed by atoms with Gasteiger partial charge in [0.1, 0.15) is 41.5 Å². The number of alkyl halides is 6. The molecule has 6 aromatic heterocycles. The molecule has 0 aliphatic carbocycles. The first kappa shape index (κ1) is 65.3. The standard InChI is InChI=1S/C31H38F3N7O5S.C25H27F3N6O5S/c1-2-35-30(43)39-26-17-23(28-38-25(20-47-28)31(32,33)34)24(19-36-26)22-16-21(29(42)46-15-11-40-6-4-3-5-7-40)18-37-27(22)45-14-10-41-8-12-44-13-9-41;1-3-29-24(36)33-20-11-17(22-32-19(14-40-22)25(26,27)28)18(13-30-20)16-10-15(23(35)37-2)12-31-21(16)39-9-6-34-4-7-38-8-5-34/h16-20H,2-15H2,1H3,(H2,35,36,39,43);10-14H,3-9H2,1-2H3,(H2,29,30,33,36). The van der Waals surface area contributed by atoms with Gasteiger partial charge < -0.3 is 39.1 Å². The molecule has 0 unspecified atom stereocenters. The van der Waals surface area contributed by atoms with Gasteiger partial charge in [-0.1, -0.05) is 6.42 Å². The second-order valence-electron chi connectivity index (χ2n) is 19.6. The fourth-order valence-electron chi connectivity index (χ4n) is 9.12. The third-order valence-electron chi connectivity index (χ3n) is 13.5. The number of pyridine rings is 4. The Morgan fingerprint density at radius 3 is 1.38 bits per heavy atom. The van der Waals surface area contributed by atoms with E-state index in [9.17, 15) is 45.5 Å². The number of carbonyl (C=O) groups excluding carboxylic acids is 4. The number of amides is 4. The van der Waals surface area contributed by atoms with Gasteiger partial charge in [-0.3, -0.25) is 25.3 Å². The molecular weight excluding hydrogens is 1190 g/mol. The number of carbonyl (C=O) groups is 4. The number of thiazole rings is 2. The van der Waals surface area contributed by atoms with E-state index >= 15 is 0 Å². The lowest BCUT2D eigenvalue weighted by molar-refractivity contribution is -0.141. The Morgan fingerprint density at radius 1 is 0.540 bits per heavy atom. The number of hydrogen-bond acceptors (Lipinski definition) is 21. The third-order valence-corrected chi connectivity index (χ3v) is 15.3. The summed E-state index contributed by atoms with van der Waals surface area (Å²) < 4.78 is 114. The first-order chi connectivity index (χ1) is 41.9. The molecule has 0 bridgehead atoms. The minimum absolute atomic E-state index is 0.0198. The van der Waals surface area contributed by atoms with Crippen molar-refractivity contribution in [3.8, 4) is 55.2 Å². The number of nitrogens with zero attached hydrogens (tertiary/aromatic N) is 9. The Morgan fingerprint density at radius 2 is 0.966 bits per heavy atom. The lowest BCUT2D eigenvalue weighted by Gasteiger charge is -2.26. The highest BCUT2D eigenvalue weighted by molar-refractivity contribution is 7.13.